The summed E-state index contributed by atoms with van der Waals surface area (Å²) in [5, 5.41) is 10.0. The lowest BCUT2D eigenvalue weighted by Crippen LogP contribution is -2.14. The van der Waals surface area contributed by atoms with Crippen molar-refractivity contribution >= 4 is 26.8 Å². The van der Waals surface area contributed by atoms with Crippen molar-refractivity contribution in [3.8, 4) is 0 Å². The van der Waals surface area contributed by atoms with E-state index in [0.29, 0.717) is 0 Å². The highest BCUT2D eigenvalue weighted by Gasteiger charge is 2.08. The van der Waals surface area contributed by atoms with Gasteiger partial charge in [0, 0.05) is 16.1 Å². The first kappa shape index (κ1) is 10.5. The second-order valence-electron chi connectivity index (χ2n) is 3.35. The number of hydrogen-bond donors (Lipinski definition) is 2. The summed E-state index contributed by atoms with van der Waals surface area (Å²) in [5.41, 5.74) is 7.62. The molecule has 0 bridgehead atoms. The Labute approximate surface area is 96.1 Å². The molecule has 3 N–H and O–H groups in total. The summed E-state index contributed by atoms with van der Waals surface area (Å²) in [6.07, 6.45) is 1.71. The number of aliphatic hydroxyl groups is 1. The summed E-state index contributed by atoms with van der Waals surface area (Å²) in [7, 11) is 0. The number of nitrogens with two attached hydrogens (primary N) is 1. The minimum Gasteiger partial charge on any atom is -0.394 e. The third-order valence-electron chi connectivity index (χ3n) is 2.33. The van der Waals surface area contributed by atoms with Crippen LogP contribution in [0.15, 0.2) is 34.9 Å². The number of pyridine rings is 1. The third kappa shape index (κ3) is 2.02. The van der Waals surface area contributed by atoms with Crippen LogP contribution in [0, 0.1) is 0 Å². The molecule has 1 aromatic heterocycles. The summed E-state index contributed by atoms with van der Waals surface area (Å²) in [5.74, 6) is 0. The van der Waals surface area contributed by atoms with Gasteiger partial charge in [0.15, 0.2) is 0 Å². The molecule has 1 atom stereocenters. The van der Waals surface area contributed by atoms with E-state index in [1.165, 1.54) is 0 Å². The van der Waals surface area contributed by atoms with Crippen molar-refractivity contribution in [1.29, 1.82) is 0 Å². The maximum atomic E-state index is 9.05. The van der Waals surface area contributed by atoms with Crippen molar-refractivity contribution in [2.24, 2.45) is 5.73 Å². The fourth-order valence-electron chi connectivity index (χ4n) is 1.57. The third-order valence-corrected chi connectivity index (χ3v) is 2.83. The van der Waals surface area contributed by atoms with Crippen molar-refractivity contribution in [3.05, 3.63) is 40.5 Å². The van der Waals surface area contributed by atoms with Crippen LogP contribution in [0.3, 0.4) is 0 Å². The Morgan fingerprint density at radius 2 is 2.20 bits per heavy atom. The first-order valence-electron chi connectivity index (χ1n) is 4.63. The van der Waals surface area contributed by atoms with Gasteiger partial charge in [0.05, 0.1) is 18.2 Å². The van der Waals surface area contributed by atoms with Crippen LogP contribution in [-0.4, -0.2) is 16.7 Å². The highest BCUT2D eigenvalue weighted by molar-refractivity contribution is 9.10. The SMILES string of the molecule is NC(CO)c1ccnc2cc(Br)ccc12. The lowest BCUT2D eigenvalue weighted by Gasteiger charge is -2.11. The first-order valence-corrected chi connectivity index (χ1v) is 5.42. The Morgan fingerprint density at radius 3 is 2.93 bits per heavy atom. The number of rotatable bonds is 2. The average molecular weight is 267 g/mol. The maximum Gasteiger partial charge on any atom is 0.0716 e. The van der Waals surface area contributed by atoms with Crippen LogP contribution < -0.4 is 5.73 Å². The van der Waals surface area contributed by atoms with Gasteiger partial charge >= 0.3 is 0 Å². The van der Waals surface area contributed by atoms with E-state index in [9.17, 15) is 0 Å². The maximum absolute atomic E-state index is 9.05. The van der Waals surface area contributed by atoms with Gasteiger partial charge in [-0.15, -0.1) is 0 Å². The zero-order valence-corrected chi connectivity index (χ0v) is 9.61. The molecule has 0 saturated heterocycles. The average Bonchev–Trinajstić information content (AvgIpc) is 2.26. The molecule has 4 heteroatoms. The molecule has 0 aliphatic carbocycles. The summed E-state index contributed by atoms with van der Waals surface area (Å²) >= 11 is 3.39. The van der Waals surface area contributed by atoms with Gasteiger partial charge in [-0.25, -0.2) is 0 Å². The van der Waals surface area contributed by atoms with Crippen molar-refractivity contribution in [1.82, 2.24) is 4.98 Å². The predicted octanol–water partition coefficient (Wildman–Crippen LogP) is 1.99. The quantitative estimate of drug-likeness (QED) is 0.874. The van der Waals surface area contributed by atoms with Crippen LogP contribution in [-0.2, 0) is 0 Å². The van der Waals surface area contributed by atoms with Gasteiger partial charge in [-0.2, -0.15) is 0 Å². The Hall–Kier alpha value is -0.970. The summed E-state index contributed by atoms with van der Waals surface area (Å²) in [6.45, 7) is -0.0603. The number of nitrogens with zero attached hydrogens (tertiary/aromatic N) is 1. The molecule has 1 unspecified atom stereocenters. The monoisotopic (exact) mass is 266 g/mol. The topological polar surface area (TPSA) is 59.1 Å². The molecule has 2 rings (SSSR count). The molecule has 1 aromatic carbocycles. The Bertz CT molecular complexity index is 487. The second-order valence-corrected chi connectivity index (χ2v) is 4.27. The zero-order valence-electron chi connectivity index (χ0n) is 8.02. The normalized spacial score (nSPS) is 13.0. The van der Waals surface area contributed by atoms with Gasteiger partial charge in [-0.3, -0.25) is 4.98 Å². The molecule has 78 valence electrons. The van der Waals surface area contributed by atoms with Crippen molar-refractivity contribution in [2.45, 2.75) is 6.04 Å². The van der Waals surface area contributed by atoms with Crippen LogP contribution in [0.2, 0.25) is 0 Å². The number of halogens is 1. The van der Waals surface area contributed by atoms with Crippen molar-refractivity contribution in [2.75, 3.05) is 6.61 Å². The fraction of sp³-hybridized carbons (Fsp3) is 0.182. The Morgan fingerprint density at radius 1 is 1.40 bits per heavy atom. The van der Waals surface area contributed by atoms with Crippen LogP contribution in [0.5, 0.6) is 0 Å². The molecule has 0 amide bonds. The van der Waals surface area contributed by atoms with Crippen molar-refractivity contribution < 1.29 is 5.11 Å². The van der Waals surface area contributed by atoms with Crippen molar-refractivity contribution in [3.63, 3.8) is 0 Å². The number of aromatic nitrogens is 1. The van der Waals surface area contributed by atoms with Gasteiger partial charge in [0.1, 0.15) is 0 Å². The van der Waals surface area contributed by atoms with E-state index in [0.717, 1.165) is 20.9 Å². The van der Waals surface area contributed by atoms with Crippen LogP contribution in [0.1, 0.15) is 11.6 Å². The number of hydrogen-bond acceptors (Lipinski definition) is 3. The van der Waals surface area contributed by atoms with Gasteiger partial charge in [-0.1, -0.05) is 22.0 Å². The van der Waals surface area contributed by atoms with Crippen LogP contribution in [0.25, 0.3) is 10.9 Å². The molecule has 0 aliphatic heterocycles. The molecular weight excluding hydrogens is 256 g/mol. The minimum absolute atomic E-state index is 0.0603. The van der Waals surface area contributed by atoms with Gasteiger partial charge in [0.25, 0.3) is 0 Å². The molecule has 0 aliphatic rings. The summed E-state index contributed by atoms with van der Waals surface area (Å²) in [6, 6.07) is 7.33. The minimum atomic E-state index is -0.350. The first-order chi connectivity index (χ1) is 7.22. The Balaban J connectivity index is 2.66. The Kier molecular flexibility index (Phi) is 3.00. The zero-order chi connectivity index (χ0) is 10.8. The van der Waals surface area contributed by atoms with Crippen LogP contribution >= 0.6 is 15.9 Å². The highest BCUT2D eigenvalue weighted by Crippen LogP contribution is 2.24. The number of aliphatic hydroxyl groups excluding tert-OH is 1. The molecule has 0 saturated carbocycles. The number of benzene rings is 1. The molecule has 0 spiro atoms. The van der Waals surface area contributed by atoms with E-state index in [1.807, 2.05) is 24.3 Å². The highest BCUT2D eigenvalue weighted by atomic mass is 79.9. The van der Waals surface area contributed by atoms with E-state index >= 15 is 0 Å². The van der Waals surface area contributed by atoms with E-state index in [1.54, 1.807) is 6.20 Å². The van der Waals surface area contributed by atoms with Crippen LogP contribution in [0.4, 0.5) is 0 Å². The lowest BCUT2D eigenvalue weighted by atomic mass is 10.0. The smallest absolute Gasteiger partial charge is 0.0716 e. The molecule has 15 heavy (non-hydrogen) atoms. The summed E-state index contributed by atoms with van der Waals surface area (Å²) < 4.78 is 0.984. The van der Waals surface area contributed by atoms with E-state index in [-0.39, 0.29) is 12.6 Å². The fourth-order valence-corrected chi connectivity index (χ4v) is 1.91. The predicted molar refractivity (Wildman–Crippen MR) is 63.5 cm³/mol. The van der Waals surface area contributed by atoms with Gasteiger partial charge < -0.3 is 10.8 Å². The molecule has 2 aromatic rings. The molecular formula is C11H11BrN2O. The molecule has 0 radical (unpaired) electrons. The van der Waals surface area contributed by atoms with Gasteiger partial charge in [-0.05, 0) is 23.8 Å². The second kappa shape index (κ2) is 4.26. The standard InChI is InChI=1S/C11H11BrN2O/c12-7-1-2-9-8(10(13)6-15)3-4-14-11(9)5-7/h1-5,10,15H,6,13H2. The summed E-state index contributed by atoms with van der Waals surface area (Å²) in [4.78, 5) is 4.25. The van der Waals surface area contributed by atoms with E-state index < -0.39 is 0 Å². The molecule has 3 nitrogen and oxygen atoms in total. The molecule has 1 heterocycles. The number of fused-ring (bicyclic) bond motifs is 1. The van der Waals surface area contributed by atoms with E-state index in [2.05, 4.69) is 20.9 Å². The van der Waals surface area contributed by atoms with Gasteiger partial charge in [0.2, 0.25) is 0 Å². The largest absolute Gasteiger partial charge is 0.394 e. The van der Waals surface area contributed by atoms with E-state index in [4.69, 9.17) is 10.8 Å². The lowest BCUT2D eigenvalue weighted by molar-refractivity contribution is 0.268. The molecule has 0 fully saturated rings.